The fourth-order valence-electron chi connectivity index (χ4n) is 3.05. The lowest BCUT2D eigenvalue weighted by Crippen LogP contribution is -2.47. The number of nitrogens with zero attached hydrogens (tertiary/aromatic N) is 4. The van der Waals surface area contributed by atoms with E-state index in [1.54, 1.807) is 12.0 Å². The third kappa shape index (κ3) is 4.81. The first-order valence-corrected chi connectivity index (χ1v) is 8.99. The van der Waals surface area contributed by atoms with Crippen LogP contribution < -0.4 is 25.2 Å². The van der Waals surface area contributed by atoms with Gasteiger partial charge in [-0.2, -0.15) is 4.98 Å². The minimum Gasteiger partial charge on any atom is -0.495 e. The van der Waals surface area contributed by atoms with Crippen molar-refractivity contribution < 1.29 is 14.1 Å². The van der Waals surface area contributed by atoms with Gasteiger partial charge in [-0.05, 0) is 30.1 Å². The highest BCUT2D eigenvalue weighted by molar-refractivity contribution is 5.74. The first-order valence-electron chi connectivity index (χ1n) is 8.99. The molecule has 2 amide bonds. The molecule has 27 heavy (non-hydrogen) atoms. The maximum atomic E-state index is 12.1. The number of nitrogens with one attached hydrogen (secondary N) is 2. The van der Waals surface area contributed by atoms with Crippen molar-refractivity contribution in [3.8, 4) is 5.75 Å². The topological polar surface area (TPSA) is 95.8 Å². The van der Waals surface area contributed by atoms with Crippen molar-refractivity contribution in [2.75, 3.05) is 44.1 Å². The summed E-state index contributed by atoms with van der Waals surface area (Å²) >= 11 is 0. The molecule has 146 valence electrons. The number of rotatable bonds is 6. The van der Waals surface area contributed by atoms with Gasteiger partial charge in [-0.15, -0.1) is 0 Å². The number of benzene rings is 1. The molecule has 0 atom stereocenters. The number of amides is 2. The zero-order valence-electron chi connectivity index (χ0n) is 15.9. The summed E-state index contributed by atoms with van der Waals surface area (Å²) in [6.45, 7) is 1.93. The Labute approximate surface area is 158 Å². The maximum absolute atomic E-state index is 12.1. The van der Waals surface area contributed by atoms with Gasteiger partial charge >= 0.3 is 6.03 Å². The Hall–Kier alpha value is -2.97. The van der Waals surface area contributed by atoms with Gasteiger partial charge in [-0.1, -0.05) is 12.1 Å². The lowest BCUT2D eigenvalue weighted by Gasteiger charge is -2.34. The second-order valence-corrected chi connectivity index (χ2v) is 6.64. The molecule has 0 unspecified atom stereocenters. The smallest absolute Gasteiger partial charge is 0.315 e. The van der Waals surface area contributed by atoms with Crippen LogP contribution in [0.2, 0.25) is 0 Å². The Bertz CT molecular complexity index is 755. The molecule has 3 rings (SSSR count). The van der Waals surface area contributed by atoms with Crippen LogP contribution in [-0.4, -0.2) is 56.5 Å². The van der Waals surface area contributed by atoms with Crippen molar-refractivity contribution in [1.82, 2.24) is 20.8 Å². The second-order valence-electron chi connectivity index (χ2n) is 6.64. The maximum Gasteiger partial charge on any atom is 0.315 e. The molecular weight excluding hydrogens is 348 g/mol. The van der Waals surface area contributed by atoms with Gasteiger partial charge in [0.2, 0.25) is 5.89 Å². The van der Waals surface area contributed by atoms with E-state index in [1.165, 1.54) is 0 Å². The minimum atomic E-state index is -0.227. The second kappa shape index (κ2) is 8.61. The molecular formula is C18H26N6O3. The first-order chi connectivity index (χ1) is 13.1. The lowest BCUT2D eigenvalue weighted by molar-refractivity contribution is 0.232. The normalized spacial score (nSPS) is 14.7. The highest BCUT2D eigenvalue weighted by atomic mass is 16.5. The Morgan fingerprint density at radius 3 is 2.74 bits per heavy atom. The standard InChI is InChI=1S/C18H26N6O3/c1-23(2)17-21-16(27-22-17)12-19-18(25)20-13-8-10-24(11-9-13)14-6-4-5-7-15(14)26-3/h4-7,13H,8-12H2,1-3H3,(H2,19,20,25). The van der Waals surface area contributed by atoms with E-state index in [2.05, 4.69) is 31.7 Å². The van der Waals surface area contributed by atoms with Crippen LogP contribution in [0.3, 0.4) is 0 Å². The van der Waals surface area contributed by atoms with E-state index in [9.17, 15) is 4.79 Å². The predicted octanol–water partition coefficient (Wildman–Crippen LogP) is 1.61. The van der Waals surface area contributed by atoms with E-state index in [0.29, 0.717) is 11.8 Å². The molecule has 1 saturated heterocycles. The predicted molar refractivity (Wildman–Crippen MR) is 102 cm³/mol. The summed E-state index contributed by atoms with van der Waals surface area (Å²) in [6, 6.07) is 7.91. The van der Waals surface area contributed by atoms with Crippen molar-refractivity contribution in [3.05, 3.63) is 30.2 Å². The van der Waals surface area contributed by atoms with Gasteiger partial charge in [0.25, 0.3) is 5.95 Å². The number of piperidine rings is 1. The number of hydrogen-bond donors (Lipinski definition) is 2. The molecule has 1 aromatic carbocycles. The third-order valence-corrected chi connectivity index (χ3v) is 4.51. The van der Waals surface area contributed by atoms with E-state index in [1.807, 2.05) is 32.3 Å². The Morgan fingerprint density at radius 1 is 1.33 bits per heavy atom. The molecule has 2 heterocycles. The van der Waals surface area contributed by atoms with Crippen LogP contribution in [0, 0.1) is 0 Å². The molecule has 0 saturated carbocycles. The zero-order valence-corrected chi connectivity index (χ0v) is 15.9. The molecule has 1 aromatic heterocycles. The Balaban J connectivity index is 1.44. The number of para-hydroxylation sites is 2. The number of aromatic nitrogens is 2. The summed E-state index contributed by atoms with van der Waals surface area (Å²) in [7, 11) is 5.33. The van der Waals surface area contributed by atoms with E-state index >= 15 is 0 Å². The van der Waals surface area contributed by atoms with Gasteiger partial charge in [0, 0.05) is 33.2 Å². The van der Waals surface area contributed by atoms with Crippen molar-refractivity contribution >= 4 is 17.7 Å². The molecule has 2 aromatic rings. The highest BCUT2D eigenvalue weighted by Gasteiger charge is 2.22. The molecule has 1 aliphatic heterocycles. The van der Waals surface area contributed by atoms with Crippen LogP contribution in [0.5, 0.6) is 5.75 Å². The fourth-order valence-corrected chi connectivity index (χ4v) is 3.05. The number of ether oxygens (including phenoxy) is 1. The lowest BCUT2D eigenvalue weighted by atomic mass is 10.0. The number of anilines is 2. The van der Waals surface area contributed by atoms with Crippen molar-refractivity contribution in [1.29, 1.82) is 0 Å². The average Bonchev–Trinajstić information content (AvgIpc) is 3.16. The minimum absolute atomic E-state index is 0.135. The van der Waals surface area contributed by atoms with E-state index in [0.717, 1.165) is 37.4 Å². The zero-order chi connectivity index (χ0) is 19.2. The number of methoxy groups -OCH3 is 1. The van der Waals surface area contributed by atoms with Gasteiger partial charge in [-0.3, -0.25) is 0 Å². The first kappa shape index (κ1) is 18.8. The molecule has 9 nitrogen and oxygen atoms in total. The van der Waals surface area contributed by atoms with Crippen molar-refractivity contribution in [2.45, 2.75) is 25.4 Å². The number of carbonyl (C=O) groups excluding carboxylic acids is 1. The van der Waals surface area contributed by atoms with Crippen LogP contribution in [0.15, 0.2) is 28.8 Å². The molecule has 0 spiro atoms. The number of carbonyl (C=O) groups is 1. The quantitative estimate of drug-likeness (QED) is 0.793. The summed E-state index contributed by atoms with van der Waals surface area (Å²) in [6.07, 6.45) is 1.74. The highest BCUT2D eigenvalue weighted by Crippen LogP contribution is 2.29. The molecule has 1 aliphatic rings. The van der Waals surface area contributed by atoms with Crippen LogP contribution in [0.4, 0.5) is 16.4 Å². The Morgan fingerprint density at radius 2 is 2.07 bits per heavy atom. The SMILES string of the molecule is COc1ccccc1N1CCC(NC(=O)NCc2nc(N(C)C)no2)CC1. The van der Waals surface area contributed by atoms with Crippen molar-refractivity contribution in [2.24, 2.45) is 0 Å². The fraction of sp³-hybridized carbons (Fsp3) is 0.500. The summed E-state index contributed by atoms with van der Waals surface area (Å²) < 4.78 is 10.5. The molecule has 0 bridgehead atoms. The largest absolute Gasteiger partial charge is 0.495 e. The van der Waals surface area contributed by atoms with Crippen molar-refractivity contribution in [3.63, 3.8) is 0 Å². The van der Waals surface area contributed by atoms with Gasteiger partial charge in [0.05, 0.1) is 19.3 Å². The monoisotopic (exact) mass is 374 g/mol. The number of urea groups is 1. The summed E-state index contributed by atoms with van der Waals surface area (Å²) in [5, 5.41) is 9.59. The molecule has 0 radical (unpaired) electrons. The third-order valence-electron chi connectivity index (χ3n) is 4.51. The van der Waals surface area contributed by atoms with E-state index in [-0.39, 0.29) is 18.6 Å². The summed E-state index contributed by atoms with van der Waals surface area (Å²) in [5.74, 6) is 1.73. The van der Waals surface area contributed by atoms with Crippen LogP contribution in [0.1, 0.15) is 18.7 Å². The van der Waals surface area contributed by atoms with Gasteiger partial charge in [0.1, 0.15) is 5.75 Å². The molecule has 1 fully saturated rings. The van der Waals surface area contributed by atoms with Gasteiger partial charge < -0.3 is 29.7 Å². The van der Waals surface area contributed by atoms with Crippen LogP contribution >= 0.6 is 0 Å². The summed E-state index contributed by atoms with van der Waals surface area (Å²) in [4.78, 5) is 20.3. The summed E-state index contributed by atoms with van der Waals surface area (Å²) in [5.41, 5.74) is 1.09. The Kier molecular flexibility index (Phi) is 6.00. The molecule has 2 N–H and O–H groups in total. The average molecular weight is 374 g/mol. The van der Waals surface area contributed by atoms with E-state index in [4.69, 9.17) is 9.26 Å². The van der Waals surface area contributed by atoms with Crippen LogP contribution in [-0.2, 0) is 6.54 Å². The molecule has 0 aliphatic carbocycles. The molecule has 9 heteroatoms. The van der Waals surface area contributed by atoms with Gasteiger partial charge in [-0.25, -0.2) is 4.79 Å². The van der Waals surface area contributed by atoms with Gasteiger partial charge in [0.15, 0.2) is 0 Å². The van der Waals surface area contributed by atoms with Crippen LogP contribution in [0.25, 0.3) is 0 Å². The van der Waals surface area contributed by atoms with E-state index < -0.39 is 0 Å². The number of hydrogen-bond acceptors (Lipinski definition) is 7.